The van der Waals surface area contributed by atoms with Crippen molar-refractivity contribution in [3.63, 3.8) is 0 Å². The van der Waals surface area contributed by atoms with E-state index in [1.54, 1.807) is 4.52 Å². The van der Waals surface area contributed by atoms with E-state index < -0.39 is 0 Å². The van der Waals surface area contributed by atoms with Gasteiger partial charge in [-0.25, -0.2) is 4.52 Å². The van der Waals surface area contributed by atoms with Crippen LogP contribution in [0.3, 0.4) is 0 Å². The summed E-state index contributed by atoms with van der Waals surface area (Å²) in [7, 11) is 0. The van der Waals surface area contributed by atoms with Crippen LogP contribution in [0.25, 0.3) is 5.52 Å². The maximum Gasteiger partial charge on any atom is 0.243 e. The van der Waals surface area contributed by atoms with Crippen molar-refractivity contribution in [2.45, 2.75) is 31.5 Å². The van der Waals surface area contributed by atoms with Gasteiger partial charge < -0.3 is 15.8 Å². The zero-order valence-electron chi connectivity index (χ0n) is 14.0. The maximum atomic E-state index is 6.57. The molecule has 2 aromatic heterocycles. The van der Waals surface area contributed by atoms with Gasteiger partial charge in [-0.15, -0.1) is 5.10 Å². The lowest BCUT2D eigenvalue weighted by atomic mass is 9.99. The van der Waals surface area contributed by atoms with Gasteiger partial charge in [0.15, 0.2) is 5.82 Å². The number of nitrogens with two attached hydrogens (primary N) is 1. The molecule has 1 aromatic carbocycles. The molecule has 0 spiro atoms. The molecule has 1 aliphatic heterocycles. The van der Waals surface area contributed by atoms with E-state index in [4.69, 9.17) is 33.7 Å². The van der Waals surface area contributed by atoms with E-state index in [2.05, 4.69) is 15.4 Å². The fourth-order valence-corrected chi connectivity index (χ4v) is 3.70. The van der Waals surface area contributed by atoms with E-state index in [1.165, 1.54) is 0 Å². The molecule has 0 bridgehead atoms. The average Bonchev–Trinajstić information content (AvgIpc) is 2.98. The van der Waals surface area contributed by atoms with E-state index >= 15 is 0 Å². The number of nitrogens with one attached hydrogen (secondary N) is 1. The van der Waals surface area contributed by atoms with Gasteiger partial charge in [0.2, 0.25) is 5.28 Å². The van der Waals surface area contributed by atoms with Gasteiger partial charge in [0.05, 0.1) is 0 Å². The highest BCUT2D eigenvalue weighted by Crippen LogP contribution is 2.35. The van der Waals surface area contributed by atoms with Crippen LogP contribution in [0.1, 0.15) is 30.1 Å². The van der Waals surface area contributed by atoms with Crippen molar-refractivity contribution in [2.75, 3.05) is 11.9 Å². The Morgan fingerprint density at radius 1 is 1.27 bits per heavy atom. The van der Waals surface area contributed by atoms with Gasteiger partial charge in [-0.1, -0.05) is 41.9 Å². The number of halogens is 2. The SMILES string of the molecule is N[C@H]1CCCO[C@@H]1c1cc2c(NCc3ccccc3)nc(Cl)nn2c1Cl. The third-order valence-corrected chi connectivity index (χ3v) is 5.09. The van der Waals surface area contributed by atoms with E-state index in [-0.39, 0.29) is 17.4 Å². The number of ether oxygens (including phenoxy) is 1. The van der Waals surface area contributed by atoms with Gasteiger partial charge in [0, 0.05) is 24.8 Å². The summed E-state index contributed by atoms with van der Waals surface area (Å²) in [6.07, 6.45) is 1.61. The van der Waals surface area contributed by atoms with Crippen molar-refractivity contribution in [1.82, 2.24) is 14.6 Å². The molecular formula is C18H19Cl2N5O. The summed E-state index contributed by atoms with van der Waals surface area (Å²) in [6, 6.07) is 11.9. The van der Waals surface area contributed by atoms with Gasteiger partial charge in [0.1, 0.15) is 16.8 Å². The first-order chi connectivity index (χ1) is 12.6. The lowest BCUT2D eigenvalue weighted by Gasteiger charge is -2.28. The summed E-state index contributed by atoms with van der Waals surface area (Å²) in [4.78, 5) is 4.33. The van der Waals surface area contributed by atoms with Gasteiger partial charge in [-0.05, 0) is 36.1 Å². The zero-order valence-corrected chi connectivity index (χ0v) is 15.5. The Kier molecular flexibility index (Phi) is 5.00. The number of benzene rings is 1. The largest absolute Gasteiger partial charge is 0.372 e. The molecule has 6 nitrogen and oxygen atoms in total. The Morgan fingerprint density at radius 3 is 2.85 bits per heavy atom. The molecule has 0 radical (unpaired) electrons. The van der Waals surface area contributed by atoms with Crippen LogP contribution >= 0.6 is 23.2 Å². The summed E-state index contributed by atoms with van der Waals surface area (Å²) in [6.45, 7) is 1.29. The minimum Gasteiger partial charge on any atom is -0.372 e. The van der Waals surface area contributed by atoms with Crippen molar-refractivity contribution < 1.29 is 4.74 Å². The highest BCUT2D eigenvalue weighted by Gasteiger charge is 2.29. The fourth-order valence-electron chi connectivity index (χ4n) is 3.25. The van der Waals surface area contributed by atoms with Crippen LogP contribution in [0.4, 0.5) is 5.82 Å². The molecule has 8 heteroatoms. The second kappa shape index (κ2) is 7.40. The molecule has 26 heavy (non-hydrogen) atoms. The summed E-state index contributed by atoms with van der Waals surface area (Å²) >= 11 is 12.7. The number of fused-ring (bicyclic) bond motifs is 1. The molecule has 0 unspecified atom stereocenters. The molecule has 1 aliphatic rings. The molecule has 0 saturated carbocycles. The van der Waals surface area contributed by atoms with E-state index in [1.807, 2.05) is 36.4 Å². The van der Waals surface area contributed by atoms with Crippen LogP contribution in [0, 0.1) is 0 Å². The maximum absolute atomic E-state index is 6.57. The van der Waals surface area contributed by atoms with Crippen LogP contribution in [0.15, 0.2) is 36.4 Å². The smallest absolute Gasteiger partial charge is 0.243 e. The highest BCUT2D eigenvalue weighted by molar-refractivity contribution is 6.31. The predicted octanol–water partition coefficient (Wildman–Crippen LogP) is 3.83. The van der Waals surface area contributed by atoms with Crippen LogP contribution in [0.2, 0.25) is 10.4 Å². The van der Waals surface area contributed by atoms with E-state index in [0.29, 0.717) is 24.1 Å². The Balaban J connectivity index is 1.70. The lowest BCUT2D eigenvalue weighted by Crippen LogP contribution is -2.34. The second-order valence-electron chi connectivity index (χ2n) is 6.35. The summed E-state index contributed by atoms with van der Waals surface area (Å²) < 4.78 is 7.45. The minimum absolute atomic E-state index is 0.0946. The Morgan fingerprint density at radius 2 is 2.08 bits per heavy atom. The zero-order chi connectivity index (χ0) is 18.1. The molecule has 3 heterocycles. The third kappa shape index (κ3) is 3.38. The van der Waals surface area contributed by atoms with Crippen LogP contribution in [0.5, 0.6) is 0 Å². The number of hydrogen-bond donors (Lipinski definition) is 2. The monoisotopic (exact) mass is 391 g/mol. The predicted molar refractivity (Wildman–Crippen MR) is 103 cm³/mol. The molecular weight excluding hydrogens is 373 g/mol. The summed E-state index contributed by atoms with van der Waals surface area (Å²) in [5.74, 6) is 0.617. The van der Waals surface area contributed by atoms with Crippen molar-refractivity contribution in [3.8, 4) is 0 Å². The third-order valence-electron chi connectivity index (χ3n) is 4.55. The molecule has 0 aliphatic carbocycles. The first-order valence-electron chi connectivity index (χ1n) is 8.53. The van der Waals surface area contributed by atoms with Gasteiger partial charge >= 0.3 is 0 Å². The molecule has 4 rings (SSSR count). The standard InChI is InChI=1S/C18H19Cl2N5O/c19-16-12(15-13(21)7-4-8-26-15)9-14-17(23-18(20)24-25(14)16)22-10-11-5-2-1-3-6-11/h1-3,5-6,9,13,15H,4,7-8,10,21H2,(H,22,23,24)/t13-,15+/m0/s1. The summed E-state index contributed by atoms with van der Waals surface area (Å²) in [5, 5.41) is 8.12. The topological polar surface area (TPSA) is 77.5 Å². The van der Waals surface area contributed by atoms with Gasteiger partial charge in [-0.3, -0.25) is 0 Å². The van der Waals surface area contributed by atoms with Gasteiger partial charge in [0.25, 0.3) is 0 Å². The molecule has 1 saturated heterocycles. The minimum atomic E-state index is -0.251. The number of aromatic nitrogens is 3. The molecule has 1 fully saturated rings. The Bertz CT molecular complexity index is 915. The first-order valence-corrected chi connectivity index (χ1v) is 9.29. The fraction of sp³-hybridized carbons (Fsp3) is 0.333. The average molecular weight is 392 g/mol. The Labute approximate surface area is 161 Å². The van der Waals surface area contributed by atoms with Crippen LogP contribution in [-0.2, 0) is 11.3 Å². The quantitative estimate of drug-likeness (QED) is 0.706. The van der Waals surface area contributed by atoms with E-state index in [0.717, 1.165) is 29.5 Å². The molecule has 2 atom stereocenters. The summed E-state index contributed by atoms with van der Waals surface area (Å²) in [5.41, 5.74) is 8.93. The van der Waals surface area contributed by atoms with E-state index in [9.17, 15) is 0 Å². The normalized spacial score (nSPS) is 20.4. The van der Waals surface area contributed by atoms with Crippen LogP contribution < -0.4 is 11.1 Å². The molecule has 136 valence electrons. The van der Waals surface area contributed by atoms with Gasteiger partial charge in [-0.2, -0.15) is 4.98 Å². The Hall–Kier alpha value is -1.86. The number of rotatable bonds is 4. The van der Waals surface area contributed by atoms with Crippen molar-refractivity contribution >= 4 is 34.5 Å². The van der Waals surface area contributed by atoms with Crippen molar-refractivity contribution in [3.05, 3.63) is 58.0 Å². The van der Waals surface area contributed by atoms with Crippen molar-refractivity contribution in [2.24, 2.45) is 5.73 Å². The molecule has 3 aromatic rings. The number of anilines is 1. The first kappa shape index (κ1) is 17.5. The molecule has 3 N–H and O–H groups in total. The van der Waals surface area contributed by atoms with Crippen LogP contribution in [-0.4, -0.2) is 27.2 Å². The number of nitrogens with zero attached hydrogens (tertiary/aromatic N) is 3. The second-order valence-corrected chi connectivity index (χ2v) is 7.05. The highest BCUT2D eigenvalue weighted by atomic mass is 35.5. The van der Waals surface area contributed by atoms with Crippen molar-refractivity contribution in [1.29, 1.82) is 0 Å². The molecule has 0 amide bonds. The number of hydrogen-bond acceptors (Lipinski definition) is 5. The lowest BCUT2D eigenvalue weighted by molar-refractivity contribution is 0.000254.